The van der Waals surface area contributed by atoms with Crippen LogP contribution in [0.25, 0.3) is 23.0 Å². The van der Waals surface area contributed by atoms with Crippen molar-refractivity contribution in [3.05, 3.63) is 71.2 Å². The standard InChI is InChI=1S/C23H22N4O3/c1-14-4-5-17(10-15(14)2)22-25-23(30-26-22)21-19-12-29-20(11-27(19)13-24-21)16-6-8-18(28-3)9-7-16/h4-10,13,20H,11-12H2,1-3H3/t20-/m0/s1. The smallest absolute Gasteiger partial charge is 0.278 e. The second kappa shape index (κ2) is 7.42. The van der Waals surface area contributed by atoms with Gasteiger partial charge in [-0.25, -0.2) is 4.98 Å². The molecule has 0 N–H and O–H groups in total. The number of rotatable bonds is 4. The Balaban J connectivity index is 1.39. The summed E-state index contributed by atoms with van der Waals surface area (Å²) >= 11 is 0. The Morgan fingerprint density at radius 1 is 1.07 bits per heavy atom. The summed E-state index contributed by atoms with van der Waals surface area (Å²) in [5.74, 6) is 1.79. The van der Waals surface area contributed by atoms with Crippen LogP contribution < -0.4 is 4.74 Å². The largest absolute Gasteiger partial charge is 0.497 e. The Bertz CT molecular complexity index is 1190. The summed E-state index contributed by atoms with van der Waals surface area (Å²) in [6, 6.07) is 14.1. The molecule has 30 heavy (non-hydrogen) atoms. The van der Waals surface area contributed by atoms with Crippen molar-refractivity contribution in [3.8, 4) is 28.7 Å². The van der Waals surface area contributed by atoms with E-state index in [1.807, 2.05) is 36.7 Å². The number of aromatic nitrogens is 4. The van der Waals surface area contributed by atoms with E-state index in [0.717, 1.165) is 22.6 Å². The zero-order valence-corrected chi connectivity index (χ0v) is 17.1. The summed E-state index contributed by atoms with van der Waals surface area (Å²) in [6.45, 7) is 5.25. The summed E-state index contributed by atoms with van der Waals surface area (Å²) in [5.41, 5.74) is 6.06. The molecular weight excluding hydrogens is 380 g/mol. The first kappa shape index (κ1) is 18.6. The van der Waals surface area contributed by atoms with Gasteiger partial charge in [-0.15, -0.1) is 0 Å². The second-order valence-corrected chi connectivity index (χ2v) is 7.49. The van der Waals surface area contributed by atoms with Crippen LogP contribution in [0.15, 0.2) is 53.3 Å². The van der Waals surface area contributed by atoms with E-state index < -0.39 is 0 Å². The maximum absolute atomic E-state index is 6.11. The third kappa shape index (κ3) is 3.27. The Kier molecular flexibility index (Phi) is 4.59. The minimum atomic E-state index is -0.0424. The molecule has 0 unspecified atom stereocenters. The van der Waals surface area contributed by atoms with Crippen LogP contribution in [0.5, 0.6) is 5.75 Å². The fraction of sp³-hybridized carbons (Fsp3) is 0.261. The molecule has 7 nitrogen and oxygen atoms in total. The van der Waals surface area contributed by atoms with Gasteiger partial charge >= 0.3 is 0 Å². The fourth-order valence-corrected chi connectivity index (χ4v) is 3.64. The van der Waals surface area contributed by atoms with Crippen molar-refractivity contribution in [2.75, 3.05) is 7.11 Å². The highest BCUT2D eigenvalue weighted by molar-refractivity contribution is 5.60. The fourth-order valence-electron chi connectivity index (χ4n) is 3.64. The van der Waals surface area contributed by atoms with E-state index in [4.69, 9.17) is 14.0 Å². The van der Waals surface area contributed by atoms with E-state index >= 15 is 0 Å². The lowest BCUT2D eigenvalue weighted by atomic mass is 10.1. The summed E-state index contributed by atoms with van der Waals surface area (Å²) in [4.78, 5) is 9.10. The van der Waals surface area contributed by atoms with Crippen LogP contribution in [0, 0.1) is 13.8 Å². The minimum absolute atomic E-state index is 0.0424. The third-order valence-electron chi connectivity index (χ3n) is 5.61. The van der Waals surface area contributed by atoms with Crippen LogP contribution in [-0.2, 0) is 17.9 Å². The molecule has 0 spiro atoms. The molecule has 1 atom stereocenters. The van der Waals surface area contributed by atoms with Gasteiger partial charge < -0.3 is 18.6 Å². The molecule has 152 valence electrons. The molecule has 0 fully saturated rings. The lowest BCUT2D eigenvalue weighted by molar-refractivity contribution is 0.00328. The molecule has 7 heteroatoms. The first-order chi connectivity index (χ1) is 14.6. The highest BCUT2D eigenvalue weighted by atomic mass is 16.5. The molecular formula is C23H22N4O3. The summed E-state index contributed by atoms with van der Waals surface area (Å²) in [5, 5.41) is 4.15. The van der Waals surface area contributed by atoms with E-state index in [1.54, 1.807) is 7.11 Å². The Morgan fingerprint density at radius 3 is 2.67 bits per heavy atom. The first-order valence-electron chi connectivity index (χ1n) is 9.83. The van der Waals surface area contributed by atoms with E-state index in [9.17, 15) is 0 Å². The topological polar surface area (TPSA) is 75.2 Å². The van der Waals surface area contributed by atoms with Gasteiger partial charge in [0.2, 0.25) is 5.82 Å². The molecule has 5 rings (SSSR count). The maximum Gasteiger partial charge on any atom is 0.278 e. The van der Waals surface area contributed by atoms with E-state index in [1.165, 1.54) is 11.1 Å². The van der Waals surface area contributed by atoms with Crippen LogP contribution in [-0.4, -0.2) is 26.8 Å². The number of nitrogens with zero attached hydrogens (tertiary/aromatic N) is 4. The molecule has 0 aliphatic carbocycles. The number of fused-ring (bicyclic) bond motifs is 1. The second-order valence-electron chi connectivity index (χ2n) is 7.49. The first-order valence-corrected chi connectivity index (χ1v) is 9.83. The Hall–Kier alpha value is -3.45. The molecule has 0 amide bonds. The predicted octanol–water partition coefficient (Wildman–Crippen LogP) is 4.50. The number of methoxy groups -OCH3 is 1. The zero-order valence-electron chi connectivity index (χ0n) is 17.1. The minimum Gasteiger partial charge on any atom is -0.497 e. The third-order valence-corrected chi connectivity index (χ3v) is 5.61. The van der Waals surface area contributed by atoms with Crippen LogP contribution >= 0.6 is 0 Å². The van der Waals surface area contributed by atoms with Crippen LogP contribution in [0.2, 0.25) is 0 Å². The van der Waals surface area contributed by atoms with E-state index in [2.05, 4.69) is 45.7 Å². The van der Waals surface area contributed by atoms with Crippen molar-refractivity contribution in [2.45, 2.75) is 33.1 Å². The lowest BCUT2D eigenvalue weighted by Gasteiger charge is -2.25. The summed E-state index contributed by atoms with van der Waals surface area (Å²) in [6.07, 6.45) is 1.77. The van der Waals surface area contributed by atoms with Crippen molar-refractivity contribution in [3.63, 3.8) is 0 Å². The summed E-state index contributed by atoms with van der Waals surface area (Å²) in [7, 11) is 1.66. The van der Waals surface area contributed by atoms with Gasteiger partial charge in [0.25, 0.3) is 5.89 Å². The number of ether oxygens (including phenoxy) is 2. The number of benzene rings is 2. The molecule has 4 aromatic rings. The van der Waals surface area contributed by atoms with E-state index in [0.29, 0.717) is 30.6 Å². The van der Waals surface area contributed by atoms with Crippen LogP contribution in [0.3, 0.4) is 0 Å². The van der Waals surface area contributed by atoms with Crippen molar-refractivity contribution < 1.29 is 14.0 Å². The lowest BCUT2D eigenvalue weighted by Crippen LogP contribution is -2.20. The van der Waals surface area contributed by atoms with Gasteiger partial charge in [-0.05, 0) is 48.7 Å². The van der Waals surface area contributed by atoms with Gasteiger partial charge in [-0.1, -0.05) is 29.4 Å². The van der Waals surface area contributed by atoms with Crippen molar-refractivity contribution >= 4 is 0 Å². The maximum atomic E-state index is 6.11. The number of imidazole rings is 1. The van der Waals surface area contributed by atoms with Gasteiger partial charge in [-0.3, -0.25) is 0 Å². The normalized spacial score (nSPS) is 15.8. The van der Waals surface area contributed by atoms with Gasteiger partial charge in [0.15, 0.2) is 5.69 Å². The molecule has 2 aromatic carbocycles. The Morgan fingerprint density at radius 2 is 1.90 bits per heavy atom. The monoisotopic (exact) mass is 402 g/mol. The average molecular weight is 402 g/mol. The molecule has 0 radical (unpaired) electrons. The van der Waals surface area contributed by atoms with Crippen molar-refractivity contribution in [2.24, 2.45) is 0 Å². The van der Waals surface area contributed by atoms with Gasteiger partial charge in [0, 0.05) is 5.56 Å². The van der Waals surface area contributed by atoms with E-state index in [-0.39, 0.29) is 6.10 Å². The van der Waals surface area contributed by atoms with Crippen molar-refractivity contribution in [1.82, 2.24) is 19.7 Å². The van der Waals surface area contributed by atoms with Crippen LogP contribution in [0.4, 0.5) is 0 Å². The van der Waals surface area contributed by atoms with Gasteiger partial charge in [0.1, 0.15) is 11.9 Å². The van der Waals surface area contributed by atoms with Gasteiger partial charge in [-0.2, -0.15) is 4.98 Å². The number of hydrogen-bond donors (Lipinski definition) is 0. The number of aryl methyl sites for hydroxylation is 2. The molecule has 0 saturated heterocycles. The quantitative estimate of drug-likeness (QED) is 0.500. The summed E-state index contributed by atoms with van der Waals surface area (Å²) < 4.78 is 19.0. The van der Waals surface area contributed by atoms with Gasteiger partial charge in [0.05, 0.1) is 32.3 Å². The van der Waals surface area contributed by atoms with Crippen LogP contribution in [0.1, 0.15) is 28.5 Å². The molecule has 1 aliphatic heterocycles. The zero-order chi connectivity index (χ0) is 20.7. The average Bonchev–Trinajstić information content (AvgIpc) is 3.42. The molecule has 2 aromatic heterocycles. The molecule has 1 aliphatic rings. The van der Waals surface area contributed by atoms with Crippen molar-refractivity contribution in [1.29, 1.82) is 0 Å². The molecule has 0 saturated carbocycles. The highest BCUT2D eigenvalue weighted by Gasteiger charge is 2.26. The SMILES string of the molecule is COc1ccc([C@@H]2Cn3cnc(-c4nc(-c5ccc(C)c(C)c5)no4)c3CO2)cc1. The highest BCUT2D eigenvalue weighted by Crippen LogP contribution is 2.32. The number of hydrogen-bond acceptors (Lipinski definition) is 6. The molecule has 0 bridgehead atoms. The Labute approximate surface area is 174 Å². The predicted molar refractivity (Wildman–Crippen MR) is 111 cm³/mol. The molecule has 3 heterocycles.